The van der Waals surface area contributed by atoms with E-state index in [0.29, 0.717) is 17.2 Å². The van der Waals surface area contributed by atoms with E-state index in [1.54, 1.807) is 0 Å². The second-order valence-corrected chi connectivity index (χ2v) is 7.35. The van der Waals surface area contributed by atoms with Crippen LogP contribution in [0.2, 0.25) is 0 Å². The van der Waals surface area contributed by atoms with Gasteiger partial charge in [-0.05, 0) is 69.3 Å². The van der Waals surface area contributed by atoms with Crippen LogP contribution in [-0.4, -0.2) is 0 Å². The first kappa shape index (κ1) is 19.6. The molecule has 0 spiro atoms. The van der Waals surface area contributed by atoms with Crippen molar-refractivity contribution in [3.63, 3.8) is 0 Å². The molecule has 4 aromatic carbocycles. The van der Waals surface area contributed by atoms with Gasteiger partial charge in [0.25, 0.3) is 0 Å². The molecule has 0 N–H and O–H groups in total. The third-order valence-electron chi connectivity index (χ3n) is 4.67. The Morgan fingerprint density at radius 1 is 0.367 bits per heavy atom. The van der Waals surface area contributed by atoms with Crippen molar-refractivity contribution >= 4 is 0 Å². The van der Waals surface area contributed by atoms with Gasteiger partial charge >= 0.3 is 0 Å². The van der Waals surface area contributed by atoms with Crippen LogP contribution in [0.25, 0.3) is 0 Å². The van der Waals surface area contributed by atoms with E-state index in [1.807, 2.05) is 105 Å². The summed E-state index contributed by atoms with van der Waals surface area (Å²) in [6.45, 7) is 6.15. The average molecular weight is 396 g/mol. The molecular formula is C27H24O3. The van der Waals surface area contributed by atoms with Gasteiger partial charge in [0.1, 0.15) is 23.0 Å². The Morgan fingerprint density at radius 3 is 1.20 bits per heavy atom. The Balaban J connectivity index is 1.64. The summed E-state index contributed by atoms with van der Waals surface area (Å²) in [4.78, 5) is 0. The maximum absolute atomic E-state index is 6.15. The van der Waals surface area contributed by atoms with E-state index < -0.39 is 0 Å². The number of hydrogen-bond donors (Lipinski definition) is 0. The molecule has 0 aliphatic heterocycles. The van der Waals surface area contributed by atoms with Gasteiger partial charge < -0.3 is 14.2 Å². The molecule has 0 amide bonds. The highest BCUT2D eigenvalue weighted by Crippen LogP contribution is 2.39. The van der Waals surface area contributed by atoms with E-state index in [1.165, 1.54) is 16.7 Å². The van der Waals surface area contributed by atoms with Gasteiger partial charge in [-0.2, -0.15) is 0 Å². The zero-order valence-electron chi connectivity index (χ0n) is 17.4. The van der Waals surface area contributed by atoms with Crippen LogP contribution in [-0.2, 0) is 0 Å². The lowest BCUT2D eigenvalue weighted by molar-refractivity contribution is 0.412. The molecule has 4 rings (SSSR count). The van der Waals surface area contributed by atoms with Crippen LogP contribution in [0.4, 0.5) is 0 Å². The van der Waals surface area contributed by atoms with Crippen LogP contribution in [0.15, 0.2) is 91.0 Å². The second kappa shape index (κ2) is 8.75. The van der Waals surface area contributed by atoms with E-state index in [-0.39, 0.29) is 0 Å². The Morgan fingerprint density at radius 2 is 0.733 bits per heavy atom. The molecule has 150 valence electrons. The SMILES string of the molecule is Cc1ccc(Oc2ccc(Oc3ccc(C)cc3)c(Oc3ccc(C)cc3)c2)cc1. The van der Waals surface area contributed by atoms with Crippen molar-refractivity contribution in [2.45, 2.75) is 20.8 Å². The highest BCUT2D eigenvalue weighted by Gasteiger charge is 2.11. The van der Waals surface area contributed by atoms with Gasteiger partial charge in [0.2, 0.25) is 0 Å². The maximum Gasteiger partial charge on any atom is 0.173 e. The van der Waals surface area contributed by atoms with Crippen molar-refractivity contribution in [3.05, 3.63) is 108 Å². The molecule has 0 atom stereocenters. The molecule has 0 radical (unpaired) electrons. The smallest absolute Gasteiger partial charge is 0.173 e. The van der Waals surface area contributed by atoms with Crippen molar-refractivity contribution < 1.29 is 14.2 Å². The first-order chi connectivity index (χ1) is 14.5. The van der Waals surface area contributed by atoms with Gasteiger partial charge in [-0.15, -0.1) is 0 Å². The molecule has 0 aliphatic carbocycles. The third-order valence-corrected chi connectivity index (χ3v) is 4.67. The summed E-state index contributed by atoms with van der Waals surface area (Å²) in [5, 5.41) is 0. The van der Waals surface area contributed by atoms with Crippen LogP contribution in [0.3, 0.4) is 0 Å². The van der Waals surface area contributed by atoms with Gasteiger partial charge in [-0.25, -0.2) is 0 Å². The molecule has 0 saturated carbocycles. The van der Waals surface area contributed by atoms with Gasteiger partial charge in [0.05, 0.1) is 0 Å². The summed E-state index contributed by atoms with van der Waals surface area (Å²) < 4.78 is 18.3. The van der Waals surface area contributed by atoms with Crippen LogP contribution in [0, 0.1) is 20.8 Å². The molecular weight excluding hydrogens is 372 g/mol. The van der Waals surface area contributed by atoms with Gasteiger partial charge in [0, 0.05) is 6.07 Å². The molecule has 3 nitrogen and oxygen atoms in total. The lowest BCUT2D eigenvalue weighted by Gasteiger charge is -2.15. The molecule has 0 aliphatic rings. The molecule has 0 fully saturated rings. The summed E-state index contributed by atoms with van der Waals surface area (Å²) in [5.41, 5.74) is 3.54. The summed E-state index contributed by atoms with van der Waals surface area (Å²) in [5.74, 6) is 4.15. The molecule has 0 heterocycles. The standard InChI is InChI=1S/C27H24O3/c1-19-4-10-22(11-5-19)28-25-16-17-26(29-23-12-6-20(2)7-13-23)27(18-25)30-24-14-8-21(3)9-15-24/h4-18H,1-3H3. The predicted molar refractivity (Wildman–Crippen MR) is 120 cm³/mol. The van der Waals surface area contributed by atoms with Crippen LogP contribution < -0.4 is 14.2 Å². The number of aryl methyl sites for hydroxylation is 3. The zero-order chi connectivity index (χ0) is 20.9. The van der Waals surface area contributed by atoms with Crippen molar-refractivity contribution in [3.8, 4) is 34.5 Å². The summed E-state index contributed by atoms with van der Waals surface area (Å²) >= 11 is 0. The van der Waals surface area contributed by atoms with Gasteiger partial charge in [0.15, 0.2) is 11.5 Å². The second-order valence-electron chi connectivity index (χ2n) is 7.35. The minimum atomic E-state index is 0.587. The summed E-state index contributed by atoms with van der Waals surface area (Å²) in [6.07, 6.45) is 0. The van der Waals surface area contributed by atoms with E-state index in [0.717, 1.165) is 17.2 Å². The fraction of sp³-hybridized carbons (Fsp3) is 0.111. The van der Waals surface area contributed by atoms with E-state index in [2.05, 4.69) is 6.92 Å². The van der Waals surface area contributed by atoms with Crippen molar-refractivity contribution in [1.29, 1.82) is 0 Å². The molecule has 0 saturated heterocycles. The summed E-state index contributed by atoms with van der Waals surface area (Å²) in [6, 6.07) is 29.4. The lowest BCUT2D eigenvalue weighted by Crippen LogP contribution is -1.92. The van der Waals surface area contributed by atoms with E-state index in [4.69, 9.17) is 14.2 Å². The minimum absolute atomic E-state index is 0.587. The fourth-order valence-electron chi connectivity index (χ4n) is 2.92. The molecule has 0 aromatic heterocycles. The minimum Gasteiger partial charge on any atom is -0.457 e. The Hall–Kier alpha value is -3.72. The third kappa shape index (κ3) is 5.00. The predicted octanol–water partition coefficient (Wildman–Crippen LogP) is 7.99. The van der Waals surface area contributed by atoms with Crippen molar-refractivity contribution in [2.24, 2.45) is 0 Å². The Bertz CT molecular complexity index is 1110. The number of rotatable bonds is 6. The molecule has 3 heteroatoms. The monoisotopic (exact) mass is 396 g/mol. The largest absolute Gasteiger partial charge is 0.457 e. The highest BCUT2D eigenvalue weighted by molar-refractivity contribution is 5.50. The van der Waals surface area contributed by atoms with Crippen molar-refractivity contribution in [2.75, 3.05) is 0 Å². The fourth-order valence-corrected chi connectivity index (χ4v) is 2.92. The molecule has 30 heavy (non-hydrogen) atoms. The van der Waals surface area contributed by atoms with E-state index in [9.17, 15) is 0 Å². The number of ether oxygens (including phenoxy) is 3. The zero-order valence-corrected chi connectivity index (χ0v) is 17.4. The topological polar surface area (TPSA) is 27.7 Å². The Kier molecular flexibility index (Phi) is 5.71. The lowest BCUT2D eigenvalue weighted by atomic mass is 10.2. The molecule has 0 bridgehead atoms. The Labute approximate surface area is 177 Å². The normalized spacial score (nSPS) is 10.5. The molecule has 0 unspecified atom stereocenters. The molecule has 4 aromatic rings. The quantitative estimate of drug-likeness (QED) is 0.330. The van der Waals surface area contributed by atoms with Crippen molar-refractivity contribution in [1.82, 2.24) is 0 Å². The van der Waals surface area contributed by atoms with E-state index >= 15 is 0 Å². The van der Waals surface area contributed by atoms with Crippen LogP contribution in [0.5, 0.6) is 34.5 Å². The highest BCUT2D eigenvalue weighted by atomic mass is 16.5. The van der Waals surface area contributed by atoms with Gasteiger partial charge in [-0.1, -0.05) is 53.1 Å². The first-order valence-electron chi connectivity index (χ1n) is 9.93. The van der Waals surface area contributed by atoms with Crippen LogP contribution >= 0.6 is 0 Å². The number of benzene rings is 4. The van der Waals surface area contributed by atoms with Gasteiger partial charge in [-0.3, -0.25) is 0 Å². The summed E-state index contributed by atoms with van der Waals surface area (Å²) in [7, 11) is 0. The average Bonchev–Trinajstić information content (AvgIpc) is 2.75. The maximum atomic E-state index is 6.15. The first-order valence-corrected chi connectivity index (χ1v) is 9.93. The number of hydrogen-bond acceptors (Lipinski definition) is 3. The van der Waals surface area contributed by atoms with Crippen LogP contribution in [0.1, 0.15) is 16.7 Å².